The molecule has 5 rings (SSSR count). The molecule has 3 heterocycles. The van der Waals surface area contributed by atoms with Crippen molar-refractivity contribution in [1.29, 1.82) is 0 Å². The number of ether oxygens (including phenoxy) is 1. The summed E-state index contributed by atoms with van der Waals surface area (Å²) in [4.78, 5) is 0. The second-order valence-corrected chi connectivity index (χ2v) is 6.14. The summed E-state index contributed by atoms with van der Waals surface area (Å²) in [5, 5.41) is 19.4. The maximum absolute atomic E-state index is 5.50. The van der Waals surface area contributed by atoms with Crippen molar-refractivity contribution in [2.24, 2.45) is 0 Å². The van der Waals surface area contributed by atoms with Crippen LogP contribution in [0.15, 0.2) is 59.1 Å². The van der Waals surface area contributed by atoms with Gasteiger partial charge in [-0.05, 0) is 13.0 Å². The summed E-state index contributed by atoms with van der Waals surface area (Å²) in [5.74, 6) is 1.72. The fourth-order valence-corrected chi connectivity index (χ4v) is 3.29. The average Bonchev–Trinajstić information content (AvgIpc) is 3.31. The summed E-state index contributed by atoms with van der Waals surface area (Å²) in [6.45, 7) is 1.86. The summed E-state index contributed by atoms with van der Waals surface area (Å²) in [6.07, 6.45) is 0. The molecule has 7 nitrogen and oxygen atoms in total. The largest absolute Gasteiger partial charge is 0.480 e. The number of methoxy groups -OCH3 is 1. The lowest BCUT2D eigenvalue weighted by molar-refractivity contribution is 0.395. The van der Waals surface area contributed by atoms with E-state index in [0.717, 1.165) is 21.9 Å². The third-order valence-corrected chi connectivity index (χ3v) is 4.56. The van der Waals surface area contributed by atoms with E-state index in [1.54, 1.807) is 11.6 Å². The Morgan fingerprint density at radius 1 is 0.926 bits per heavy atom. The predicted octanol–water partition coefficient (Wildman–Crippen LogP) is 3.92. The molecule has 0 saturated carbocycles. The molecule has 0 atom stereocenters. The number of hydrogen-bond acceptors (Lipinski definition) is 6. The number of nitrogens with zero attached hydrogens (tertiary/aromatic N) is 5. The number of fused-ring (bicyclic) bond motifs is 3. The highest BCUT2D eigenvalue weighted by Crippen LogP contribution is 2.35. The molecule has 27 heavy (non-hydrogen) atoms. The average molecular weight is 357 g/mol. The lowest BCUT2D eigenvalue weighted by Crippen LogP contribution is -2.00. The minimum atomic E-state index is 0.509. The first-order valence-corrected chi connectivity index (χ1v) is 8.48. The molecule has 0 saturated heterocycles. The molecule has 0 amide bonds. The van der Waals surface area contributed by atoms with Gasteiger partial charge in [0.2, 0.25) is 5.88 Å². The van der Waals surface area contributed by atoms with Crippen molar-refractivity contribution in [1.82, 2.24) is 25.0 Å². The molecular weight excluding hydrogens is 342 g/mol. The quantitative estimate of drug-likeness (QED) is 0.487. The maximum atomic E-state index is 5.50. The molecule has 0 N–H and O–H groups in total. The Balaban J connectivity index is 1.83. The first-order valence-electron chi connectivity index (χ1n) is 8.48. The van der Waals surface area contributed by atoms with Gasteiger partial charge in [-0.1, -0.05) is 53.7 Å². The van der Waals surface area contributed by atoms with E-state index in [1.165, 1.54) is 0 Å². The van der Waals surface area contributed by atoms with Gasteiger partial charge in [0.15, 0.2) is 11.5 Å². The van der Waals surface area contributed by atoms with E-state index in [4.69, 9.17) is 9.26 Å². The zero-order valence-electron chi connectivity index (χ0n) is 14.7. The Kier molecular flexibility index (Phi) is 3.39. The normalized spacial score (nSPS) is 11.3. The minimum Gasteiger partial charge on any atom is -0.480 e. The molecule has 0 unspecified atom stereocenters. The van der Waals surface area contributed by atoms with Crippen LogP contribution in [-0.4, -0.2) is 32.1 Å². The van der Waals surface area contributed by atoms with Gasteiger partial charge in [-0.25, -0.2) is 0 Å². The summed E-state index contributed by atoms with van der Waals surface area (Å²) >= 11 is 0. The molecule has 2 aromatic carbocycles. The number of benzene rings is 2. The van der Waals surface area contributed by atoms with Gasteiger partial charge in [0.25, 0.3) is 0 Å². The van der Waals surface area contributed by atoms with Gasteiger partial charge in [0, 0.05) is 16.3 Å². The van der Waals surface area contributed by atoms with Crippen LogP contribution in [0, 0.1) is 6.92 Å². The van der Waals surface area contributed by atoms with Crippen LogP contribution in [0.25, 0.3) is 39.1 Å². The topological polar surface area (TPSA) is 78.3 Å². The van der Waals surface area contributed by atoms with Crippen molar-refractivity contribution in [3.05, 3.63) is 60.4 Å². The van der Waals surface area contributed by atoms with Gasteiger partial charge in [-0.3, -0.25) is 0 Å². The van der Waals surface area contributed by atoms with E-state index < -0.39 is 0 Å². The summed E-state index contributed by atoms with van der Waals surface area (Å²) in [5.41, 5.74) is 3.06. The smallest absolute Gasteiger partial charge is 0.239 e. The SMILES string of the molecule is COc1nn2c(-c3c(-c4ccccc4)noc3C)nnc2c2ccccc12. The van der Waals surface area contributed by atoms with Gasteiger partial charge >= 0.3 is 0 Å². The second-order valence-electron chi connectivity index (χ2n) is 6.14. The molecule has 0 bridgehead atoms. The van der Waals surface area contributed by atoms with Crippen molar-refractivity contribution in [2.75, 3.05) is 7.11 Å². The molecular formula is C20H15N5O2. The van der Waals surface area contributed by atoms with Crippen LogP contribution in [0.2, 0.25) is 0 Å². The first kappa shape index (κ1) is 15.5. The van der Waals surface area contributed by atoms with Gasteiger partial charge in [0.1, 0.15) is 11.5 Å². The Morgan fingerprint density at radius 2 is 1.67 bits per heavy atom. The third kappa shape index (κ3) is 2.28. The van der Waals surface area contributed by atoms with Crippen LogP contribution in [0.3, 0.4) is 0 Å². The second kappa shape index (κ2) is 5.91. The van der Waals surface area contributed by atoms with E-state index in [-0.39, 0.29) is 0 Å². The van der Waals surface area contributed by atoms with Crippen molar-refractivity contribution >= 4 is 16.4 Å². The molecule has 0 spiro atoms. The summed E-state index contributed by atoms with van der Waals surface area (Å²) in [6, 6.07) is 17.7. The highest BCUT2D eigenvalue weighted by Gasteiger charge is 2.23. The van der Waals surface area contributed by atoms with E-state index in [2.05, 4.69) is 20.5 Å². The lowest BCUT2D eigenvalue weighted by Gasteiger charge is -2.07. The molecule has 0 radical (unpaired) electrons. The molecule has 0 aliphatic rings. The Morgan fingerprint density at radius 3 is 2.44 bits per heavy atom. The van der Waals surface area contributed by atoms with Crippen LogP contribution < -0.4 is 4.74 Å². The molecule has 5 aromatic rings. The monoisotopic (exact) mass is 357 g/mol. The van der Waals surface area contributed by atoms with E-state index in [0.29, 0.717) is 28.8 Å². The zero-order chi connectivity index (χ0) is 18.4. The fourth-order valence-electron chi connectivity index (χ4n) is 3.29. The van der Waals surface area contributed by atoms with Crippen LogP contribution in [0.1, 0.15) is 5.76 Å². The van der Waals surface area contributed by atoms with Crippen LogP contribution in [-0.2, 0) is 0 Å². The van der Waals surface area contributed by atoms with Gasteiger partial charge in [-0.2, -0.15) is 4.52 Å². The first-order chi connectivity index (χ1) is 13.3. The van der Waals surface area contributed by atoms with Gasteiger partial charge < -0.3 is 9.26 Å². The number of hydrogen-bond donors (Lipinski definition) is 0. The lowest BCUT2D eigenvalue weighted by atomic mass is 10.1. The fraction of sp³-hybridized carbons (Fsp3) is 0.100. The zero-order valence-corrected chi connectivity index (χ0v) is 14.7. The molecule has 0 fully saturated rings. The highest BCUT2D eigenvalue weighted by atomic mass is 16.5. The summed E-state index contributed by atoms with van der Waals surface area (Å²) < 4.78 is 12.7. The standard InChI is InChI=1S/C20H15N5O2/c1-12-16(17(24-27-12)13-8-4-3-5-9-13)19-22-21-18-14-10-6-7-11-15(14)20(26-2)23-25(18)19/h3-11H,1-2H3. The minimum absolute atomic E-state index is 0.509. The van der Waals surface area contributed by atoms with Crippen molar-refractivity contribution in [3.8, 4) is 28.5 Å². The van der Waals surface area contributed by atoms with Crippen molar-refractivity contribution in [2.45, 2.75) is 6.92 Å². The van der Waals surface area contributed by atoms with Gasteiger partial charge in [-0.15, -0.1) is 15.3 Å². The Labute approximate surface area is 154 Å². The molecule has 0 aliphatic carbocycles. The molecule has 132 valence electrons. The molecule has 0 aliphatic heterocycles. The Bertz CT molecular complexity index is 1270. The van der Waals surface area contributed by atoms with E-state index >= 15 is 0 Å². The van der Waals surface area contributed by atoms with Gasteiger partial charge in [0.05, 0.1) is 12.7 Å². The Hall–Kier alpha value is -3.74. The van der Waals surface area contributed by atoms with Crippen LogP contribution in [0.5, 0.6) is 5.88 Å². The van der Waals surface area contributed by atoms with E-state index in [1.807, 2.05) is 61.5 Å². The van der Waals surface area contributed by atoms with E-state index in [9.17, 15) is 0 Å². The molecule has 3 aromatic heterocycles. The van der Waals surface area contributed by atoms with Crippen LogP contribution in [0.4, 0.5) is 0 Å². The number of aryl methyl sites for hydroxylation is 1. The van der Waals surface area contributed by atoms with Crippen molar-refractivity contribution in [3.63, 3.8) is 0 Å². The maximum Gasteiger partial charge on any atom is 0.239 e. The van der Waals surface area contributed by atoms with Crippen molar-refractivity contribution < 1.29 is 9.26 Å². The predicted molar refractivity (Wildman–Crippen MR) is 101 cm³/mol. The number of aromatic nitrogens is 5. The van der Waals surface area contributed by atoms with Crippen LogP contribution >= 0.6 is 0 Å². The third-order valence-electron chi connectivity index (χ3n) is 4.56. The molecule has 7 heteroatoms. The number of rotatable bonds is 3. The highest BCUT2D eigenvalue weighted by molar-refractivity contribution is 5.97. The summed E-state index contributed by atoms with van der Waals surface area (Å²) in [7, 11) is 1.60.